The quantitative estimate of drug-likeness (QED) is 0.564. The molecule has 3 rings (SSSR count). The normalized spacial score (nSPS) is 11.1. The van der Waals surface area contributed by atoms with Gasteiger partial charge in [-0.25, -0.2) is 14.4 Å². The van der Waals surface area contributed by atoms with Gasteiger partial charge in [-0.3, -0.25) is 0 Å². The molecule has 1 aromatic heterocycles. The van der Waals surface area contributed by atoms with Crippen molar-refractivity contribution in [2.45, 2.75) is 13.8 Å². The van der Waals surface area contributed by atoms with Crippen molar-refractivity contribution in [3.05, 3.63) is 57.5 Å². The minimum Gasteiger partial charge on any atom is -0.227 e. The summed E-state index contributed by atoms with van der Waals surface area (Å²) in [5.41, 5.74) is 2.31. The molecular formula is C16H11Cl2FN2. The van der Waals surface area contributed by atoms with Crippen LogP contribution in [-0.4, -0.2) is 9.97 Å². The van der Waals surface area contributed by atoms with Crippen molar-refractivity contribution in [3.8, 4) is 11.4 Å². The van der Waals surface area contributed by atoms with Crippen molar-refractivity contribution in [2.75, 3.05) is 0 Å². The first-order valence-corrected chi connectivity index (χ1v) is 7.12. The van der Waals surface area contributed by atoms with E-state index in [2.05, 4.69) is 9.97 Å². The number of fused-ring (bicyclic) bond motifs is 1. The van der Waals surface area contributed by atoms with Gasteiger partial charge in [0.15, 0.2) is 5.82 Å². The smallest absolute Gasteiger partial charge is 0.164 e. The highest BCUT2D eigenvalue weighted by Crippen LogP contribution is 2.31. The van der Waals surface area contributed by atoms with Gasteiger partial charge in [-0.05, 0) is 43.2 Å². The molecule has 0 aliphatic heterocycles. The third-order valence-corrected chi connectivity index (χ3v) is 4.14. The molecule has 0 spiro atoms. The number of hydrogen-bond acceptors (Lipinski definition) is 2. The van der Waals surface area contributed by atoms with E-state index in [1.807, 2.05) is 6.92 Å². The summed E-state index contributed by atoms with van der Waals surface area (Å²) in [4.78, 5) is 8.66. The Balaban J connectivity index is 2.35. The Labute approximate surface area is 131 Å². The van der Waals surface area contributed by atoms with Gasteiger partial charge >= 0.3 is 0 Å². The van der Waals surface area contributed by atoms with Crippen molar-refractivity contribution < 1.29 is 4.39 Å². The Kier molecular flexibility index (Phi) is 3.56. The zero-order chi connectivity index (χ0) is 15.1. The van der Waals surface area contributed by atoms with E-state index in [4.69, 9.17) is 23.2 Å². The molecule has 0 saturated carbocycles. The molecule has 0 amide bonds. The Morgan fingerprint density at radius 2 is 1.76 bits per heavy atom. The van der Waals surface area contributed by atoms with Crippen molar-refractivity contribution in [1.82, 2.24) is 9.97 Å². The Bertz CT molecular complexity index is 863. The molecule has 5 heteroatoms. The molecule has 0 N–H and O–H groups in total. The minimum atomic E-state index is -0.340. The van der Waals surface area contributed by atoms with E-state index in [1.54, 1.807) is 37.3 Å². The fourth-order valence-corrected chi connectivity index (χ4v) is 2.60. The lowest BCUT2D eigenvalue weighted by Gasteiger charge is -2.09. The molecule has 0 aliphatic carbocycles. The van der Waals surface area contributed by atoms with Crippen LogP contribution in [-0.2, 0) is 0 Å². The molecule has 106 valence electrons. The summed E-state index contributed by atoms with van der Waals surface area (Å²) in [6.07, 6.45) is 0. The summed E-state index contributed by atoms with van der Waals surface area (Å²) in [5, 5.41) is 1.58. The first-order valence-electron chi connectivity index (χ1n) is 6.37. The fraction of sp³-hybridized carbons (Fsp3) is 0.125. The monoisotopic (exact) mass is 320 g/mol. The maximum Gasteiger partial charge on any atom is 0.164 e. The van der Waals surface area contributed by atoms with Crippen molar-refractivity contribution in [2.24, 2.45) is 0 Å². The van der Waals surface area contributed by atoms with Crippen LogP contribution in [0.5, 0.6) is 0 Å². The molecule has 0 unspecified atom stereocenters. The van der Waals surface area contributed by atoms with Gasteiger partial charge in [-0.1, -0.05) is 35.3 Å². The summed E-state index contributed by atoms with van der Waals surface area (Å²) >= 11 is 12.3. The lowest BCUT2D eigenvalue weighted by atomic mass is 10.1. The van der Waals surface area contributed by atoms with Gasteiger partial charge in [0, 0.05) is 10.4 Å². The van der Waals surface area contributed by atoms with E-state index in [0.29, 0.717) is 27.1 Å². The van der Waals surface area contributed by atoms with Gasteiger partial charge in [0.25, 0.3) is 0 Å². The Hall–Kier alpha value is -1.71. The number of nitrogens with zero attached hydrogens (tertiary/aromatic N) is 2. The molecule has 0 fully saturated rings. The van der Waals surface area contributed by atoms with Crippen LogP contribution in [0.4, 0.5) is 4.39 Å². The number of aromatic nitrogens is 2. The minimum absolute atomic E-state index is 0.263. The predicted molar refractivity (Wildman–Crippen MR) is 84.4 cm³/mol. The molecule has 2 aromatic carbocycles. The molecular weight excluding hydrogens is 310 g/mol. The van der Waals surface area contributed by atoms with Crippen molar-refractivity contribution >= 4 is 34.1 Å². The van der Waals surface area contributed by atoms with Crippen LogP contribution in [0.3, 0.4) is 0 Å². The molecule has 0 atom stereocenters. The third kappa shape index (κ3) is 2.37. The summed E-state index contributed by atoms with van der Waals surface area (Å²) in [6, 6.07) is 8.62. The molecule has 0 aliphatic rings. The summed E-state index contributed by atoms with van der Waals surface area (Å²) in [5.74, 6) is -0.0772. The molecule has 21 heavy (non-hydrogen) atoms. The van der Waals surface area contributed by atoms with E-state index in [9.17, 15) is 4.39 Å². The predicted octanol–water partition coefficient (Wildman–Crippen LogP) is 5.36. The molecule has 0 saturated heterocycles. The highest BCUT2D eigenvalue weighted by atomic mass is 35.5. The van der Waals surface area contributed by atoms with Gasteiger partial charge in [-0.15, -0.1) is 0 Å². The maximum absolute atomic E-state index is 14.2. The van der Waals surface area contributed by atoms with E-state index < -0.39 is 0 Å². The van der Waals surface area contributed by atoms with Gasteiger partial charge in [0.2, 0.25) is 0 Å². The van der Waals surface area contributed by atoms with Gasteiger partial charge in [0.05, 0.1) is 11.1 Å². The van der Waals surface area contributed by atoms with Crippen LogP contribution < -0.4 is 0 Å². The van der Waals surface area contributed by atoms with Crippen LogP contribution in [0.2, 0.25) is 10.2 Å². The Morgan fingerprint density at radius 1 is 1.00 bits per heavy atom. The van der Waals surface area contributed by atoms with Crippen molar-refractivity contribution in [1.29, 1.82) is 0 Å². The van der Waals surface area contributed by atoms with Gasteiger partial charge in [-0.2, -0.15) is 0 Å². The highest BCUT2D eigenvalue weighted by Gasteiger charge is 2.14. The molecule has 3 aromatic rings. The second-order valence-electron chi connectivity index (χ2n) is 4.84. The van der Waals surface area contributed by atoms with Gasteiger partial charge < -0.3 is 0 Å². The topological polar surface area (TPSA) is 25.8 Å². The molecule has 0 bridgehead atoms. The van der Waals surface area contributed by atoms with E-state index in [1.165, 1.54) is 0 Å². The fourth-order valence-electron chi connectivity index (χ4n) is 2.21. The standard InChI is InChI=1S/C16H11Cl2FN2/c1-8-4-3-5-10(13(8)19)16-20-14-9(2)12(17)7-6-11(14)15(18)21-16/h3-7H,1-2H3. The summed E-state index contributed by atoms with van der Waals surface area (Å²) in [6.45, 7) is 3.55. The first-order chi connectivity index (χ1) is 9.99. The lowest BCUT2D eigenvalue weighted by molar-refractivity contribution is 0.621. The van der Waals surface area contributed by atoms with Crippen LogP contribution >= 0.6 is 23.2 Å². The molecule has 1 heterocycles. The largest absolute Gasteiger partial charge is 0.227 e. The van der Waals surface area contributed by atoms with Gasteiger partial charge in [0.1, 0.15) is 11.0 Å². The second kappa shape index (κ2) is 5.24. The van der Waals surface area contributed by atoms with Crippen LogP contribution in [0.1, 0.15) is 11.1 Å². The van der Waals surface area contributed by atoms with Crippen molar-refractivity contribution in [3.63, 3.8) is 0 Å². The average Bonchev–Trinajstić information content (AvgIpc) is 2.46. The van der Waals surface area contributed by atoms with Crippen LogP contribution in [0.25, 0.3) is 22.3 Å². The second-order valence-corrected chi connectivity index (χ2v) is 5.61. The molecule has 0 radical (unpaired) electrons. The van der Waals surface area contributed by atoms with E-state index in [0.717, 1.165) is 5.56 Å². The molecule has 2 nitrogen and oxygen atoms in total. The van der Waals surface area contributed by atoms with Crippen LogP contribution in [0.15, 0.2) is 30.3 Å². The third-order valence-electron chi connectivity index (χ3n) is 3.44. The zero-order valence-corrected chi connectivity index (χ0v) is 12.9. The summed E-state index contributed by atoms with van der Waals surface area (Å²) < 4.78 is 14.2. The lowest BCUT2D eigenvalue weighted by Crippen LogP contribution is -1.97. The summed E-state index contributed by atoms with van der Waals surface area (Å²) in [7, 11) is 0. The number of rotatable bonds is 1. The number of aryl methyl sites for hydroxylation is 2. The zero-order valence-electron chi connectivity index (χ0n) is 11.4. The highest BCUT2D eigenvalue weighted by molar-refractivity contribution is 6.35. The van der Waals surface area contributed by atoms with E-state index >= 15 is 0 Å². The average molecular weight is 321 g/mol. The number of hydrogen-bond donors (Lipinski definition) is 0. The van der Waals surface area contributed by atoms with Crippen LogP contribution in [0, 0.1) is 19.7 Å². The SMILES string of the molecule is Cc1cccc(-c2nc(Cl)c3ccc(Cl)c(C)c3n2)c1F. The Morgan fingerprint density at radius 3 is 2.52 bits per heavy atom. The van der Waals surface area contributed by atoms with E-state index in [-0.39, 0.29) is 16.8 Å². The first kappa shape index (κ1) is 14.2. The number of benzene rings is 2. The maximum atomic E-state index is 14.2. The number of halogens is 3.